The number of aryl methyl sites for hydroxylation is 1. The van der Waals surface area contributed by atoms with Gasteiger partial charge in [0.2, 0.25) is 10.0 Å². The number of benzene rings is 1. The van der Waals surface area contributed by atoms with Crippen LogP contribution < -0.4 is 5.56 Å². The number of methoxy groups -OCH3 is 1. The topological polar surface area (TPSA) is 113 Å². The Morgan fingerprint density at radius 3 is 2.61 bits per heavy atom. The zero-order valence-electron chi connectivity index (χ0n) is 17.7. The number of H-pyrrole nitrogens is 1. The van der Waals surface area contributed by atoms with Crippen LogP contribution in [0.1, 0.15) is 21.1 Å². The summed E-state index contributed by atoms with van der Waals surface area (Å²) in [6, 6.07) is 4.35. The first-order valence-electron chi connectivity index (χ1n) is 9.90. The molecule has 1 N–H and O–H groups in total. The fourth-order valence-corrected chi connectivity index (χ4v) is 6.98. The minimum Gasteiger partial charge on any atom is -0.465 e. The van der Waals surface area contributed by atoms with E-state index in [-0.39, 0.29) is 28.6 Å². The average molecular weight is 531 g/mol. The number of ether oxygens (including phenoxy) is 1. The predicted octanol–water partition coefficient (Wildman–Crippen LogP) is 2.89. The van der Waals surface area contributed by atoms with Crippen molar-refractivity contribution in [1.29, 1.82) is 0 Å². The number of nitrogens with zero attached hydrogens (tertiary/aromatic N) is 3. The zero-order chi connectivity index (χ0) is 23.9. The van der Waals surface area contributed by atoms with Crippen molar-refractivity contribution in [3.05, 3.63) is 54.9 Å². The number of piperazine rings is 1. The summed E-state index contributed by atoms with van der Waals surface area (Å²) in [4.78, 5) is 34.6. The summed E-state index contributed by atoms with van der Waals surface area (Å²) in [6.45, 7) is 3.41. The third kappa shape index (κ3) is 4.66. The maximum atomic E-state index is 13.0. The van der Waals surface area contributed by atoms with Crippen LogP contribution in [0, 0.1) is 6.92 Å². The highest BCUT2D eigenvalue weighted by atomic mass is 35.5. The standard InChI is InChI=1S/C20H20Cl2N4O5S2/c1-11-16-18(27)23-15(24-19(16)32-17(11)20(28)31-2)10-25-5-7-26(8-6-25)33(29,30)14-9-12(21)3-4-13(14)22/h3-4,9H,5-8,10H2,1-2H3,(H,23,24,27). The minimum atomic E-state index is -3.79. The summed E-state index contributed by atoms with van der Waals surface area (Å²) in [5.74, 6) is -0.0621. The van der Waals surface area contributed by atoms with Gasteiger partial charge in [0.25, 0.3) is 5.56 Å². The number of hydrogen-bond acceptors (Lipinski definition) is 8. The van der Waals surface area contributed by atoms with Gasteiger partial charge in [-0.3, -0.25) is 9.69 Å². The molecule has 1 saturated heterocycles. The molecule has 3 aromatic rings. The Kier molecular flexibility index (Phi) is 6.81. The maximum Gasteiger partial charge on any atom is 0.348 e. The van der Waals surface area contributed by atoms with Crippen molar-refractivity contribution < 1.29 is 17.9 Å². The number of halogens is 2. The number of rotatable bonds is 5. The number of fused-ring (bicyclic) bond motifs is 1. The third-order valence-corrected chi connectivity index (χ3v) is 9.22. The van der Waals surface area contributed by atoms with Crippen molar-refractivity contribution in [3.63, 3.8) is 0 Å². The summed E-state index contributed by atoms with van der Waals surface area (Å²) < 4.78 is 32.1. The second-order valence-electron chi connectivity index (χ2n) is 7.50. The summed E-state index contributed by atoms with van der Waals surface area (Å²) in [5, 5.41) is 0.786. The molecule has 0 atom stereocenters. The molecule has 0 amide bonds. The molecule has 4 rings (SSSR count). The lowest BCUT2D eigenvalue weighted by atomic mass is 10.2. The molecule has 0 saturated carbocycles. The lowest BCUT2D eigenvalue weighted by Gasteiger charge is -2.33. The van der Waals surface area contributed by atoms with Gasteiger partial charge in [0.1, 0.15) is 20.4 Å². The highest BCUT2D eigenvalue weighted by molar-refractivity contribution is 7.89. The quantitative estimate of drug-likeness (QED) is 0.504. The first kappa shape index (κ1) is 24.1. The molecule has 0 spiro atoms. The average Bonchev–Trinajstić information content (AvgIpc) is 3.12. The Morgan fingerprint density at radius 1 is 1.24 bits per heavy atom. The Morgan fingerprint density at radius 2 is 1.94 bits per heavy atom. The highest BCUT2D eigenvalue weighted by Crippen LogP contribution is 2.29. The normalized spacial score (nSPS) is 15.8. The summed E-state index contributed by atoms with van der Waals surface area (Å²) in [5.41, 5.74) is 0.219. The molecule has 0 bridgehead atoms. The van der Waals surface area contributed by atoms with Crippen LogP contribution in [0.2, 0.25) is 10.0 Å². The van der Waals surface area contributed by atoms with E-state index in [1.54, 1.807) is 6.92 Å². The highest BCUT2D eigenvalue weighted by Gasteiger charge is 2.30. The van der Waals surface area contributed by atoms with Gasteiger partial charge in [0.15, 0.2) is 0 Å². The molecular formula is C20H20Cl2N4O5S2. The number of carbonyl (C=O) groups excluding carboxylic acids is 1. The largest absolute Gasteiger partial charge is 0.465 e. The van der Waals surface area contributed by atoms with E-state index in [9.17, 15) is 18.0 Å². The predicted molar refractivity (Wildman–Crippen MR) is 127 cm³/mol. The van der Waals surface area contributed by atoms with Gasteiger partial charge in [-0.15, -0.1) is 11.3 Å². The summed E-state index contributed by atoms with van der Waals surface area (Å²) in [6.07, 6.45) is 0. The van der Waals surface area contributed by atoms with Crippen LogP contribution in [0.4, 0.5) is 0 Å². The maximum absolute atomic E-state index is 13.0. The molecular weight excluding hydrogens is 511 g/mol. The van der Waals surface area contributed by atoms with Crippen molar-refractivity contribution in [2.45, 2.75) is 18.4 Å². The molecule has 1 aromatic carbocycles. The van der Waals surface area contributed by atoms with Crippen LogP contribution in [0.25, 0.3) is 10.2 Å². The Labute approximate surface area is 203 Å². The number of nitrogens with one attached hydrogen (secondary N) is 1. The van der Waals surface area contributed by atoms with Gasteiger partial charge in [-0.1, -0.05) is 23.2 Å². The number of sulfonamides is 1. The van der Waals surface area contributed by atoms with E-state index in [0.717, 1.165) is 11.3 Å². The second-order valence-corrected chi connectivity index (χ2v) is 11.2. The lowest BCUT2D eigenvalue weighted by molar-refractivity contribution is 0.0605. The molecule has 3 heterocycles. The van der Waals surface area contributed by atoms with Gasteiger partial charge in [-0.25, -0.2) is 18.2 Å². The van der Waals surface area contributed by atoms with Crippen molar-refractivity contribution in [2.75, 3.05) is 33.3 Å². The van der Waals surface area contributed by atoms with Gasteiger partial charge in [0, 0.05) is 31.2 Å². The van der Waals surface area contributed by atoms with Crippen molar-refractivity contribution >= 4 is 60.7 Å². The number of hydrogen-bond donors (Lipinski definition) is 1. The van der Waals surface area contributed by atoms with E-state index in [4.69, 9.17) is 27.9 Å². The van der Waals surface area contributed by atoms with E-state index >= 15 is 0 Å². The SMILES string of the molecule is COC(=O)c1sc2nc(CN3CCN(S(=O)(=O)c4cc(Cl)ccc4Cl)CC3)[nH]c(=O)c2c1C. The van der Waals surface area contributed by atoms with E-state index in [2.05, 4.69) is 9.97 Å². The molecule has 33 heavy (non-hydrogen) atoms. The van der Waals surface area contributed by atoms with Crippen molar-refractivity contribution in [3.8, 4) is 0 Å². The monoisotopic (exact) mass is 530 g/mol. The Hall–Kier alpha value is -2.02. The summed E-state index contributed by atoms with van der Waals surface area (Å²) >= 11 is 13.2. The van der Waals surface area contributed by atoms with E-state index in [0.29, 0.717) is 51.1 Å². The number of esters is 1. The fraction of sp³-hybridized carbons (Fsp3) is 0.350. The zero-order valence-corrected chi connectivity index (χ0v) is 20.9. The third-order valence-electron chi connectivity index (χ3n) is 5.44. The number of aromatic nitrogens is 2. The second kappa shape index (κ2) is 9.32. The number of thiophene rings is 1. The van der Waals surface area contributed by atoms with Crippen LogP contribution in [0.5, 0.6) is 0 Å². The molecule has 13 heteroatoms. The van der Waals surface area contributed by atoms with Crippen LogP contribution >= 0.6 is 34.5 Å². The van der Waals surface area contributed by atoms with Gasteiger partial charge in [0.05, 0.1) is 24.1 Å². The molecule has 0 unspecified atom stereocenters. The molecule has 9 nitrogen and oxygen atoms in total. The van der Waals surface area contributed by atoms with Crippen LogP contribution in [0.3, 0.4) is 0 Å². The van der Waals surface area contributed by atoms with E-state index in [1.165, 1.54) is 29.6 Å². The van der Waals surface area contributed by atoms with Crippen LogP contribution in [-0.2, 0) is 21.3 Å². The molecule has 0 aliphatic carbocycles. The smallest absolute Gasteiger partial charge is 0.348 e. The molecule has 176 valence electrons. The van der Waals surface area contributed by atoms with Crippen LogP contribution in [-0.4, -0.2) is 66.8 Å². The van der Waals surface area contributed by atoms with Crippen LogP contribution in [0.15, 0.2) is 27.9 Å². The molecule has 2 aromatic heterocycles. The van der Waals surface area contributed by atoms with Gasteiger partial charge >= 0.3 is 5.97 Å². The van der Waals surface area contributed by atoms with E-state index < -0.39 is 16.0 Å². The molecule has 1 aliphatic heterocycles. The van der Waals surface area contributed by atoms with Gasteiger partial charge in [-0.05, 0) is 30.7 Å². The first-order valence-corrected chi connectivity index (χ1v) is 12.9. The van der Waals surface area contributed by atoms with E-state index in [1.807, 2.05) is 4.90 Å². The Balaban J connectivity index is 1.49. The summed E-state index contributed by atoms with van der Waals surface area (Å²) in [7, 11) is -2.50. The fourth-order valence-electron chi connectivity index (χ4n) is 3.70. The number of aromatic amines is 1. The lowest BCUT2D eigenvalue weighted by Crippen LogP contribution is -2.48. The Bertz CT molecular complexity index is 1400. The van der Waals surface area contributed by atoms with Crippen molar-refractivity contribution in [2.24, 2.45) is 0 Å². The molecule has 1 fully saturated rings. The van der Waals surface area contributed by atoms with Gasteiger partial charge < -0.3 is 9.72 Å². The number of carbonyl (C=O) groups is 1. The molecule has 1 aliphatic rings. The van der Waals surface area contributed by atoms with Crippen molar-refractivity contribution in [1.82, 2.24) is 19.2 Å². The van der Waals surface area contributed by atoms with Gasteiger partial charge in [-0.2, -0.15) is 4.31 Å². The minimum absolute atomic E-state index is 0.0176. The molecule has 0 radical (unpaired) electrons. The first-order chi connectivity index (χ1) is 15.6.